The molecule has 4 heteroatoms. The van der Waals surface area contributed by atoms with Gasteiger partial charge in [0.1, 0.15) is 18.1 Å². The summed E-state index contributed by atoms with van der Waals surface area (Å²) in [6.45, 7) is 6.87. The normalized spacial score (nSPS) is 12.5. The number of rotatable bonds is 8. The second-order valence-electron chi connectivity index (χ2n) is 5.18. The van der Waals surface area contributed by atoms with E-state index < -0.39 is 0 Å². The average Bonchev–Trinajstić information content (AvgIpc) is 3.39. The maximum absolute atomic E-state index is 5.47. The summed E-state index contributed by atoms with van der Waals surface area (Å²) in [5.41, 5.74) is 8.14. The molecule has 1 aromatic rings. The van der Waals surface area contributed by atoms with E-state index in [9.17, 15) is 0 Å². The Morgan fingerprint density at radius 1 is 1.18 bits per heavy atom. The van der Waals surface area contributed by atoms with Crippen LogP contribution in [0.3, 0.4) is 0 Å². The van der Waals surface area contributed by atoms with Crippen LogP contribution >= 0.6 is 0 Å². The van der Waals surface area contributed by atoms with Gasteiger partial charge in [0.15, 0.2) is 0 Å². The first kappa shape index (κ1) is 18.5. The molecule has 1 aliphatic rings. The molecule has 0 radical (unpaired) electrons. The van der Waals surface area contributed by atoms with Crippen LogP contribution in [0.15, 0.2) is 35.6 Å². The maximum Gasteiger partial charge on any atom is 0.119 e. The van der Waals surface area contributed by atoms with Gasteiger partial charge in [0, 0.05) is 13.1 Å². The van der Waals surface area contributed by atoms with Crippen molar-refractivity contribution in [3.05, 3.63) is 41.2 Å². The first-order valence-electron chi connectivity index (χ1n) is 8.08. The fourth-order valence-corrected chi connectivity index (χ4v) is 2.14. The van der Waals surface area contributed by atoms with Crippen LogP contribution in [0, 0.1) is 0 Å². The van der Waals surface area contributed by atoms with Crippen molar-refractivity contribution < 1.29 is 9.47 Å². The molecule has 124 valence electrons. The van der Waals surface area contributed by atoms with Crippen molar-refractivity contribution in [2.24, 2.45) is 5.73 Å². The third-order valence-electron chi connectivity index (χ3n) is 3.32. The monoisotopic (exact) mass is 306 g/mol. The van der Waals surface area contributed by atoms with Gasteiger partial charge in [-0.1, -0.05) is 26.0 Å². The summed E-state index contributed by atoms with van der Waals surface area (Å²) in [6.07, 6.45) is 2.40. The molecule has 0 aliphatic heterocycles. The largest absolute Gasteiger partial charge is 0.500 e. The summed E-state index contributed by atoms with van der Waals surface area (Å²) in [5.74, 6) is 2.01. The van der Waals surface area contributed by atoms with Crippen LogP contribution in [0.25, 0.3) is 0 Å². The first-order valence-corrected chi connectivity index (χ1v) is 8.08. The molecule has 0 atom stereocenters. The zero-order valence-electron chi connectivity index (χ0n) is 14.4. The Kier molecular flexibility index (Phi) is 8.63. The Morgan fingerprint density at radius 2 is 1.82 bits per heavy atom. The fourth-order valence-electron chi connectivity index (χ4n) is 2.14. The molecule has 1 fully saturated rings. The Balaban J connectivity index is 0.00000116. The molecule has 1 saturated carbocycles. The SMILES string of the molecule is CC.COC(CN(C)Cc1ccc(OCCN)cc1)=C1CC1. The summed E-state index contributed by atoms with van der Waals surface area (Å²) in [7, 11) is 3.87. The lowest BCUT2D eigenvalue weighted by molar-refractivity contribution is 0.229. The van der Waals surface area contributed by atoms with Crippen LogP contribution in [-0.2, 0) is 11.3 Å². The van der Waals surface area contributed by atoms with E-state index in [2.05, 4.69) is 24.1 Å². The first-order chi connectivity index (χ1) is 10.7. The molecular formula is C18H30N2O2. The van der Waals surface area contributed by atoms with Gasteiger partial charge in [-0.25, -0.2) is 0 Å². The van der Waals surface area contributed by atoms with E-state index in [1.165, 1.54) is 24.0 Å². The number of ether oxygens (including phenoxy) is 2. The second kappa shape index (κ2) is 10.2. The van der Waals surface area contributed by atoms with Crippen molar-refractivity contribution in [2.45, 2.75) is 33.2 Å². The molecule has 22 heavy (non-hydrogen) atoms. The molecule has 0 spiro atoms. The highest BCUT2D eigenvalue weighted by atomic mass is 16.5. The molecule has 1 aromatic carbocycles. The number of allylic oxidation sites excluding steroid dienone is 1. The lowest BCUT2D eigenvalue weighted by Gasteiger charge is -2.18. The fraction of sp³-hybridized carbons (Fsp3) is 0.556. The lowest BCUT2D eigenvalue weighted by Crippen LogP contribution is -2.21. The third-order valence-corrected chi connectivity index (χ3v) is 3.32. The highest BCUT2D eigenvalue weighted by Crippen LogP contribution is 2.32. The molecule has 0 saturated heterocycles. The van der Waals surface area contributed by atoms with Gasteiger partial charge in [0.2, 0.25) is 0 Å². The van der Waals surface area contributed by atoms with E-state index in [0.717, 1.165) is 24.6 Å². The van der Waals surface area contributed by atoms with Gasteiger partial charge in [-0.3, -0.25) is 4.90 Å². The predicted molar refractivity (Wildman–Crippen MR) is 91.9 cm³/mol. The van der Waals surface area contributed by atoms with Crippen molar-refractivity contribution in [1.82, 2.24) is 4.90 Å². The molecule has 0 aromatic heterocycles. The minimum Gasteiger partial charge on any atom is -0.500 e. The van der Waals surface area contributed by atoms with E-state index >= 15 is 0 Å². The van der Waals surface area contributed by atoms with Crippen molar-refractivity contribution in [1.29, 1.82) is 0 Å². The Hall–Kier alpha value is -1.52. The molecule has 4 nitrogen and oxygen atoms in total. The van der Waals surface area contributed by atoms with Gasteiger partial charge in [-0.15, -0.1) is 0 Å². The average molecular weight is 306 g/mol. The number of hydrogen-bond donors (Lipinski definition) is 1. The molecule has 0 heterocycles. The Morgan fingerprint density at radius 3 is 2.32 bits per heavy atom. The second-order valence-corrected chi connectivity index (χ2v) is 5.18. The number of likely N-dealkylation sites (N-methyl/N-ethyl adjacent to an activating group) is 1. The van der Waals surface area contributed by atoms with Crippen molar-refractivity contribution in [2.75, 3.05) is 33.9 Å². The maximum atomic E-state index is 5.47. The smallest absolute Gasteiger partial charge is 0.119 e. The van der Waals surface area contributed by atoms with Gasteiger partial charge >= 0.3 is 0 Å². The van der Waals surface area contributed by atoms with E-state index in [1.54, 1.807) is 7.11 Å². The Bertz CT molecular complexity index is 449. The minimum atomic E-state index is 0.541. The molecule has 0 amide bonds. The molecule has 1 aliphatic carbocycles. The third kappa shape index (κ3) is 6.50. The topological polar surface area (TPSA) is 47.7 Å². The molecule has 0 unspecified atom stereocenters. The summed E-state index contributed by atoms with van der Waals surface area (Å²) < 4.78 is 10.9. The van der Waals surface area contributed by atoms with Crippen LogP contribution in [0.1, 0.15) is 32.3 Å². The predicted octanol–water partition coefficient (Wildman–Crippen LogP) is 3.18. The molecular weight excluding hydrogens is 276 g/mol. The van der Waals surface area contributed by atoms with E-state index in [0.29, 0.717) is 13.2 Å². The zero-order chi connectivity index (χ0) is 16.4. The molecule has 0 bridgehead atoms. The lowest BCUT2D eigenvalue weighted by atomic mass is 10.2. The van der Waals surface area contributed by atoms with Gasteiger partial charge in [-0.2, -0.15) is 0 Å². The van der Waals surface area contributed by atoms with Gasteiger partial charge < -0.3 is 15.2 Å². The summed E-state index contributed by atoms with van der Waals surface area (Å²) in [4.78, 5) is 2.26. The van der Waals surface area contributed by atoms with Crippen molar-refractivity contribution >= 4 is 0 Å². The van der Waals surface area contributed by atoms with Crippen LogP contribution in [-0.4, -0.2) is 38.8 Å². The number of methoxy groups -OCH3 is 1. The van der Waals surface area contributed by atoms with Gasteiger partial charge in [-0.05, 0) is 43.2 Å². The van der Waals surface area contributed by atoms with Crippen LogP contribution in [0.2, 0.25) is 0 Å². The van der Waals surface area contributed by atoms with E-state index in [4.69, 9.17) is 15.2 Å². The van der Waals surface area contributed by atoms with Crippen LogP contribution < -0.4 is 10.5 Å². The van der Waals surface area contributed by atoms with Crippen LogP contribution in [0.4, 0.5) is 0 Å². The van der Waals surface area contributed by atoms with E-state index in [1.807, 2.05) is 26.0 Å². The van der Waals surface area contributed by atoms with Gasteiger partial charge in [0.25, 0.3) is 0 Å². The summed E-state index contributed by atoms with van der Waals surface area (Å²) in [5, 5.41) is 0. The number of nitrogens with zero attached hydrogens (tertiary/aromatic N) is 1. The molecule has 2 rings (SSSR count). The van der Waals surface area contributed by atoms with Crippen molar-refractivity contribution in [3.8, 4) is 5.75 Å². The number of benzene rings is 1. The van der Waals surface area contributed by atoms with Gasteiger partial charge in [0.05, 0.1) is 13.7 Å². The summed E-state index contributed by atoms with van der Waals surface area (Å²) >= 11 is 0. The minimum absolute atomic E-state index is 0.541. The Labute approximate surface area is 134 Å². The molecule has 2 N–H and O–H groups in total. The standard InChI is InChI=1S/C16H24N2O2.C2H6/c1-18(12-16(19-2)14-5-6-14)11-13-3-7-15(8-4-13)20-10-9-17;1-2/h3-4,7-8H,5-6,9-12,17H2,1-2H3;1-2H3. The highest BCUT2D eigenvalue weighted by molar-refractivity contribution is 5.27. The number of nitrogens with two attached hydrogens (primary N) is 1. The highest BCUT2D eigenvalue weighted by Gasteiger charge is 2.19. The summed E-state index contributed by atoms with van der Waals surface area (Å²) in [6, 6.07) is 8.18. The quantitative estimate of drug-likeness (QED) is 0.749. The zero-order valence-corrected chi connectivity index (χ0v) is 14.4. The number of hydrogen-bond acceptors (Lipinski definition) is 4. The van der Waals surface area contributed by atoms with E-state index in [-0.39, 0.29) is 0 Å². The van der Waals surface area contributed by atoms with Crippen molar-refractivity contribution in [3.63, 3.8) is 0 Å². The van der Waals surface area contributed by atoms with Crippen LogP contribution in [0.5, 0.6) is 5.75 Å².